The van der Waals surface area contributed by atoms with Gasteiger partial charge >= 0.3 is 0 Å². The Balaban J connectivity index is 1.64. The van der Waals surface area contributed by atoms with Crippen LogP contribution in [0.1, 0.15) is 24.8 Å². The summed E-state index contributed by atoms with van der Waals surface area (Å²) in [5.41, 5.74) is 2.06. The van der Waals surface area contributed by atoms with Crippen LogP contribution < -0.4 is 4.90 Å². The molecule has 1 aliphatic heterocycles. The number of nitrogens with zero attached hydrogens (tertiary/aromatic N) is 2. The molecule has 0 radical (unpaired) electrons. The van der Waals surface area contributed by atoms with Gasteiger partial charge in [-0.05, 0) is 37.8 Å². The molecule has 4 heteroatoms. The van der Waals surface area contributed by atoms with Gasteiger partial charge in [0.15, 0.2) is 0 Å². The van der Waals surface area contributed by atoms with E-state index in [0.717, 1.165) is 12.2 Å². The molecule has 0 N–H and O–H groups in total. The molecule has 1 saturated heterocycles. The van der Waals surface area contributed by atoms with Gasteiger partial charge in [0, 0.05) is 32.2 Å². The van der Waals surface area contributed by atoms with Crippen molar-refractivity contribution in [3.63, 3.8) is 0 Å². The molecule has 0 unspecified atom stereocenters. The highest BCUT2D eigenvalue weighted by Gasteiger charge is 2.38. The van der Waals surface area contributed by atoms with Crippen molar-refractivity contribution in [3.8, 4) is 0 Å². The zero-order valence-electron chi connectivity index (χ0n) is 12.7. The first-order valence-corrected chi connectivity index (χ1v) is 7.66. The largest absolute Gasteiger partial charge is 0.342 e. The van der Waals surface area contributed by atoms with Crippen LogP contribution in [-0.4, -0.2) is 36.9 Å². The van der Waals surface area contributed by atoms with Crippen molar-refractivity contribution in [1.82, 2.24) is 4.90 Å². The molecule has 2 amide bonds. The lowest BCUT2D eigenvalue weighted by atomic mass is 10.1. The summed E-state index contributed by atoms with van der Waals surface area (Å²) < 4.78 is 0. The van der Waals surface area contributed by atoms with E-state index >= 15 is 0 Å². The highest BCUT2D eigenvalue weighted by atomic mass is 16.2. The van der Waals surface area contributed by atoms with Crippen LogP contribution in [-0.2, 0) is 9.59 Å². The minimum atomic E-state index is -0.192. The number of carbonyl (C=O) groups is 2. The van der Waals surface area contributed by atoms with Crippen molar-refractivity contribution in [3.05, 3.63) is 29.8 Å². The maximum absolute atomic E-state index is 12.6. The van der Waals surface area contributed by atoms with Gasteiger partial charge in [-0.15, -0.1) is 0 Å². The van der Waals surface area contributed by atoms with E-state index in [1.165, 1.54) is 18.4 Å². The third-order valence-corrected chi connectivity index (χ3v) is 4.49. The first kappa shape index (κ1) is 14.1. The normalized spacial score (nSPS) is 21.7. The number of hydrogen-bond acceptors (Lipinski definition) is 2. The fourth-order valence-electron chi connectivity index (χ4n) is 2.90. The Labute approximate surface area is 125 Å². The fourth-order valence-corrected chi connectivity index (χ4v) is 2.90. The molecule has 2 fully saturated rings. The molecule has 21 heavy (non-hydrogen) atoms. The molecule has 2 aliphatic rings. The minimum Gasteiger partial charge on any atom is -0.342 e. The number of aryl methyl sites for hydroxylation is 1. The number of rotatable bonds is 4. The van der Waals surface area contributed by atoms with Crippen LogP contribution in [0.2, 0.25) is 0 Å². The molecular weight excluding hydrogens is 264 g/mol. The van der Waals surface area contributed by atoms with Crippen molar-refractivity contribution >= 4 is 17.5 Å². The van der Waals surface area contributed by atoms with Crippen molar-refractivity contribution in [2.75, 3.05) is 25.0 Å². The maximum atomic E-state index is 12.6. The second kappa shape index (κ2) is 5.51. The summed E-state index contributed by atoms with van der Waals surface area (Å²) in [6, 6.07) is 7.90. The molecule has 0 spiro atoms. The third-order valence-electron chi connectivity index (χ3n) is 4.49. The average molecular weight is 286 g/mol. The molecule has 1 atom stereocenters. The lowest BCUT2D eigenvalue weighted by Gasteiger charge is -2.21. The molecule has 4 nitrogen and oxygen atoms in total. The van der Waals surface area contributed by atoms with E-state index in [0.29, 0.717) is 18.9 Å². The van der Waals surface area contributed by atoms with Crippen LogP contribution >= 0.6 is 0 Å². The molecule has 1 saturated carbocycles. The zero-order valence-corrected chi connectivity index (χ0v) is 12.7. The second-order valence-corrected chi connectivity index (χ2v) is 6.38. The fraction of sp³-hybridized carbons (Fsp3) is 0.529. The monoisotopic (exact) mass is 286 g/mol. The predicted molar refractivity (Wildman–Crippen MR) is 82.0 cm³/mol. The summed E-state index contributed by atoms with van der Waals surface area (Å²) in [4.78, 5) is 28.1. The summed E-state index contributed by atoms with van der Waals surface area (Å²) in [6.45, 7) is 3.46. The Hall–Kier alpha value is -1.84. The van der Waals surface area contributed by atoms with Gasteiger partial charge in [0.25, 0.3) is 0 Å². The van der Waals surface area contributed by atoms with E-state index in [1.54, 1.807) is 11.9 Å². The van der Waals surface area contributed by atoms with Gasteiger partial charge in [-0.25, -0.2) is 0 Å². The van der Waals surface area contributed by atoms with Crippen LogP contribution in [0, 0.1) is 18.8 Å². The van der Waals surface area contributed by atoms with Crippen LogP contribution in [0.3, 0.4) is 0 Å². The number of hydrogen-bond donors (Lipinski definition) is 0. The van der Waals surface area contributed by atoms with E-state index in [2.05, 4.69) is 0 Å². The van der Waals surface area contributed by atoms with Gasteiger partial charge < -0.3 is 9.80 Å². The van der Waals surface area contributed by atoms with E-state index in [9.17, 15) is 9.59 Å². The molecule has 112 valence electrons. The smallest absolute Gasteiger partial charge is 0.232 e. The summed E-state index contributed by atoms with van der Waals surface area (Å²) in [6.07, 6.45) is 2.82. The van der Waals surface area contributed by atoms with Crippen molar-refractivity contribution < 1.29 is 9.59 Å². The van der Waals surface area contributed by atoms with Crippen LogP contribution in [0.5, 0.6) is 0 Å². The lowest BCUT2D eigenvalue weighted by Crippen LogP contribution is -2.35. The summed E-state index contributed by atoms with van der Waals surface area (Å²) in [7, 11) is 1.79. The van der Waals surface area contributed by atoms with Crippen molar-refractivity contribution in [1.29, 1.82) is 0 Å². The molecule has 1 heterocycles. The average Bonchev–Trinajstić information content (AvgIpc) is 3.21. The van der Waals surface area contributed by atoms with E-state index in [-0.39, 0.29) is 17.7 Å². The summed E-state index contributed by atoms with van der Waals surface area (Å²) in [5, 5.41) is 0. The van der Waals surface area contributed by atoms with Crippen LogP contribution in [0.15, 0.2) is 24.3 Å². The molecule has 0 bridgehead atoms. The molecule has 3 rings (SSSR count). The number of benzene rings is 1. The highest BCUT2D eigenvalue weighted by molar-refractivity contribution is 5.98. The Morgan fingerprint density at radius 1 is 1.29 bits per heavy atom. The van der Waals surface area contributed by atoms with Crippen LogP contribution in [0.25, 0.3) is 0 Å². The quantitative estimate of drug-likeness (QED) is 0.851. The maximum Gasteiger partial charge on any atom is 0.232 e. The number of amides is 2. The summed E-state index contributed by atoms with van der Waals surface area (Å²) >= 11 is 0. The van der Waals surface area contributed by atoms with E-state index in [4.69, 9.17) is 0 Å². The van der Waals surface area contributed by atoms with Gasteiger partial charge in [0.05, 0.1) is 5.92 Å². The number of carbonyl (C=O) groups excluding carboxylic acids is 2. The Morgan fingerprint density at radius 2 is 1.95 bits per heavy atom. The van der Waals surface area contributed by atoms with Gasteiger partial charge in [-0.3, -0.25) is 9.59 Å². The topological polar surface area (TPSA) is 40.6 Å². The van der Waals surface area contributed by atoms with Gasteiger partial charge in [-0.1, -0.05) is 17.7 Å². The molecular formula is C17H22N2O2. The van der Waals surface area contributed by atoms with E-state index in [1.807, 2.05) is 36.1 Å². The van der Waals surface area contributed by atoms with Gasteiger partial charge in [0.1, 0.15) is 0 Å². The zero-order chi connectivity index (χ0) is 15.0. The Kier molecular flexibility index (Phi) is 3.70. The predicted octanol–water partition coefficient (Wildman–Crippen LogP) is 2.22. The Morgan fingerprint density at radius 3 is 2.57 bits per heavy atom. The van der Waals surface area contributed by atoms with Crippen LogP contribution in [0.4, 0.5) is 5.69 Å². The molecule has 1 aromatic carbocycles. The SMILES string of the molecule is Cc1ccc(N(C)C(=O)[C@H]2CC(=O)N(CC3CC3)C2)cc1. The summed E-state index contributed by atoms with van der Waals surface area (Å²) in [5.74, 6) is 0.670. The first-order valence-electron chi connectivity index (χ1n) is 7.66. The molecule has 0 aromatic heterocycles. The first-order chi connectivity index (χ1) is 10.0. The highest BCUT2D eigenvalue weighted by Crippen LogP contribution is 2.32. The third kappa shape index (κ3) is 3.09. The van der Waals surface area contributed by atoms with Gasteiger partial charge in [-0.2, -0.15) is 0 Å². The molecule has 1 aliphatic carbocycles. The Bertz CT molecular complexity index is 548. The van der Waals surface area contributed by atoms with E-state index < -0.39 is 0 Å². The number of anilines is 1. The minimum absolute atomic E-state index is 0.0468. The van der Waals surface area contributed by atoms with Gasteiger partial charge in [0.2, 0.25) is 11.8 Å². The second-order valence-electron chi connectivity index (χ2n) is 6.38. The standard InChI is InChI=1S/C17H22N2O2/c1-12-3-7-15(8-4-12)18(2)17(21)14-9-16(20)19(11-14)10-13-5-6-13/h3-4,7-8,13-14H,5-6,9-11H2,1-2H3/t14-/m0/s1. The van der Waals surface area contributed by atoms with Crippen molar-refractivity contribution in [2.45, 2.75) is 26.2 Å². The molecule has 1 aromatic rings. The van der Waals surface area contributed by atoms with Crippen molar-refractivity contribution in [2.24, 2.45) is 11.8 Å². The lowest BCUT2D eigenvalue weighted by molar-refractivity contribution is -0.128. The number of likely N-dealkylation sites (tertiary alicyclic amines) is 1.